The van der Waals surface area contributed by atoms with E-state index in [4.69, 9.17) is 0 Å². The lowest BCUT2D eigenvalue weighted by molar-refractivity contribution is -0.109. The Kier molecular flexibility index (Phi) is 3.38. The van der Waals surface area contributed by atoms with E-state index in [-0.39, 0.29) is 6.04 Å². The fourth-order valence-corrected chi connectivity index (χ4v) is 2.80. The van der Waals surface area contributed by atoms with Crippen LogP contribution < -0.4 is 4.90 Å². The summed E-state index contributed by atoms with van der Waals surface area (Å²) >= 11 is 0. The minimum absolute atomic E-state index is 0.242. The minimum atomic E-state index is -0.242. The number of rotatable bonds is 3. The first-order valence-corrected chi connectivity index (χ1v) is 6.94. The van der Waals surface area contributed by atoms with Gasteiger partial charge in [-0.3, -0.25) is 0 Å². The van der Waals surface area contributed by atoms with Crippen LogP contribution in [0.4, 0.5) is 5.69 Å². The van der Waals surface area contributed by atoms with Crippen molar-refractivity contribution in [3.8, 4) is 0 Å². The first-order valence-electron chi connectivity index (χ1n) is 6.94. The van der Waals surface area contributed by atoms with Gasteiger partial charge in [-0.25, -0.2) is 0 Å². The van der Waals surface area contributed by atoms with Crippen molar-refractivity contribution in [1.29, 1.82) is 0 Å². The molecule has 0 bridgehead atoms. The van der Waals surface area contributed by atoms with Crippen molar-refractivity contribution < 1.29 is 4.79 Å². The molecule has 100 valence electrons. The SMILES string of the molecule is CCC1=Cc2ccccc2C(C=O)N1c1ccccc1. The molecule has 2 heteroatoms. The van der Waals surface area contributed by atoms with Crippen molar-refractivity contribution in [2.45, 2.75) is 19.4 Å². The highest BCUT2D eigenvalue weighted by Gasteiger charge is 2.28. The predicted octanol–water partition coefficient (Wildman–Crippen LogP) is 4.20. The second kappa shape index (κ2) is 5.33. The number of hydrogen-bond donors (Lipinski definition) is 0. The van der Waals surface area contributed by atoms with Gasteiger partial charge < -0.3 is 9.69 Å². The van der Waals surface area contributed by atoms with Gasteiger partial charge in [0.25, 0.3) is 0 Å². The Morgan fingerprint density at radius 2 is 1.75 bits per heavy atom. The quantitative estimate of drug-likeness (QED) is 0.774. The summed E-state index contributed by atoms with van der Waals surface area (Å²) < 4.78 is 0. The van der Waals surface area contributed by atoms with Crippen LogP contribution in [0.2, 0.25) is 0 Å². The number of benzene rings is 2. The number of carbonyl (C=O) groups excluding carboxylic acids is 1. The number of fused-ring (bicyclic) bond motifs is 1. The Labute approximate surface area is 119 Å². The highest BCUT2D eigenvalue weighted by Crippen LogP contribution is 2.37. The lowest BCUT2D eigenvalue weighted by atomic mass is 9.93. The molecule has 20 heavy (non-hydrogen) atoms. The minimum Gasteiger partial charge on any atom is -0.331 e. The number of hydrogen-bond acceptors (Lipinski definition) is 2. The van der Waals surface area contributed by atoms with Crippen molar-refractivity contribution >= 4 is 18.0 Å². The first kappa shape index (κ1) is 12.7. The summed E-state index contributed by atoms with van der Waals surface area (Å²) in [7, 11) is 0. The van der Waals surface area contributed by atoms with Crippen molar-refractivity contribution in [1.82, 2.24) is 0 Å². The average molecular weight is 263 g/mol. The molecule has 0 spiro atoms. The van der Waals surface area contributed by atoms with Crippen LogP contribution >= 0.6 is 0 Å². The van der Waals surface area contributed by atoms with E-state index in [1.165, 1.54) is 5.70 Å². The molecule has 2 aromatic carbocycles. The summed E-state index contributed by atoms with van der Waals surface area (Å²) in [5.74, 6) is 0. The van der Waals surface area contributed by atoms with Crippen molar-refractivity contribution in [2.75, 3.05) is 4.90 Å². The second-order valence-electron chi connectivity index (χ2n) is 4.90. The largest absolute Gasteiger partial charge is 0.331 e. The molecule has 1 aliphatic rings. The molecule has 0 saturated heterocycles. The van der Waals surface area contributed by atoms with Gasteiger partial charge in [0.2, 0.25) is 0 Å². The summed E-state index contributed by atoms with van der Waals surface area (Å²) in [4.78, 5) is 13.8. The average Bonchev–Trinajstić information content (AvgIpc) is 2.53. The Hall–Kier alpha value is -2.35. The van der Waals surface area contributed by atoms with Crippen LogP contribution in [0.1, 0.15) is 30.5 Å². The Morgan fingerprint density at radius 3 is 2.45 bits per heavy atom. The molecule has 0 aliphatic carbocycles. The molecule has 0 fully saturated rings. The lowest BCUT2D eigenvalue weighted by Crippen LogP contribution is -2.31. The molecule has 0 amide bonds. The van der Waals surface area contributed by atoms with Crippen LogP contribution in [0.25, 0.3) is 6.08 Å². The normalized spacial score (nSPS) is 17.4. The second-order valence-corrected chi connectivity index (χ2v) is 4.90. The maximum absolute atomic E-state index is 11.7. The summed E-state index contributed by atoms with van der Waals surface area (Å²) in [6.45, 7) is 2.12. The van der Waals surface area contributed by atoms with Gasteiger partial charge in [-0.05, 0) is 35.8 Å². The van der Waals surface area contributed by atoms with Crippen LogP contribution in [-0.2, 0) is 4.79 Å². The molecule has 1 unspecified atom stereocenters. The smallest absolute Gasteiger partial charge is 0.147 e. The van der Waals surface area contributed by atoms with Crippen LogP contribution in [0.5, 0.6) is 0 Å². The van der Waals surface area contributed by atoms with Gasteiger partial charge in [-0.2, -0.15) is 0 Å². The standard InChI is InChI=1S/C18H17NO/c1-2-15-12-14-8-6-7-11-17(14)18(13-20)19(15)16-9-4-3-5-10-16/h3-13,18H,2H2,1H3. The van der Waals surface area contributed by atoms with Crippen LogP contribution in [0.3, 0.4) is 0 Å². The van der Waals surface area contributed by atoms with E-state index in [0.717, 1.165) is 29.5 Å². The van der Waals surface area contributed by atoms with Crippen LogP contribution in [0.15, 0.2) is 60.3 Å². The van der Waals surface area contributed by atoms with Crippen molar-refractivity contribution in [3.63, 3.8) is 0 Å². The van der Waals surface area contributed by atoms with E-state index >= 15 is 0 Å². The zero-order valence-corrected chi connectivity index (χ0v) is 11.5. The third-order valence-corrected chi connectivity index (χ3v) is 3.75. The molecule has 0 saturated carbocycles. The van der Waals surface area contributed by atoms with Gasteiger partial charge in [0.05, 0.1) is 0 Å². The Morgan fingerprint density at radius 1 is 1.05 bits per heavy atom. The van der Waals surface area contributed by atoms with E-state index in [1.54, 1.807) is 0 Å². The van der Waals surface area contributed by atoms with Crippen LogP contribution in [-0.4, -0.2) is 6.29 Å². The van der Waals surface area contributed by atoms with Gasteiger partial charge in [0.15, 0.2) is 0 Å². The number of carbonyl (C=O) groups is 1. The van der Waals surface area contributed by atoms with E-state index in [1.807, 2.05) is 48.5 Å². The predicted molar refractivity (Wildman–Crippen MR) is 82.4 cm³/mol. The fraction of sp³-hybridized carbons (Fsp3) is 0.167. The molecule has 3 rings (SSSR count). The number of nitrogens with zero attached hydrogens (tertiary/aromatic N) is 1. The van der Waals surface area contributed by atoms with E-state index in [0.29, 0.717) is 0 Å². The summed E-state index contributed by atoms with van der Waals surface area (Å²) in [5.41, 5.74) is 4.45. The summed E-state index contributed by atoms with van der Waals surface area (Å²) in [6.07, 6.45) is 4.12. The van der Waals surface area contributed by atoms with Gasteiger partial charge in [0.1, 0.15) is 12.3 Å². The molecule has 0 aromatic heterocycles. The van der Waals surface area contributed by atoms with Gasteiger partial charge in [-0.1, -0.05) is 49.4 Å². The van der Waals surface area contributed by atoms with E-state index in [9.17, 15) is 4.79 Å². The number of para-hydroxylation sites is 1. The van der Waals surface area contributed by atoms with E-state index in [2.05, 4.69) is 24.0 Å². The molecule has 0 N–H and O–H groups in total. The first-order chi connectivity index (χ1) is 9.85. The summed E-state index contributed by atoms with van der Waals surface area (Å²) in [5, 5.41) is 0. The Balaban J connectivity index is 2.17. The molecule has 1 aliphatic heterocycles. The van der Waals surface area contributed by atoms with Crippen LogP contribution in [0, 0.1) is 0 Å². The molecule has 2 nitrogen and oxygen atoms in total. The van der Waals surface area contributed by atoms with Crippen molar-refractivity contribution in [3.05, 3.63) is 71.4 Å². The molecule has 2 aromatic rings. The number of anilines is 1. The zero-order chi connectivity index (χ0) is 13.9. The van der Waals surface area contributed by atoms with Gasteiger partial charge in [0, 0.05) is 11.4 Å². The summed E-state index contributed by atoms with van der Waals surface area (Å²) in [6, 6.07) is 18.0. The third kappa shape index (κ3) is 2.03. The molecule has 1 heterocycles. The van der Waals surface area contributed by atoms with Crippen molar-refractivity contribution in [2.24, 2.45) is 0 Å². The Bertz CT molecular complexity index is 645. The maximum atomic E-state index is 11.7. The maximum Gasteiger partial charge on any atom is 0.147 e. The third-order valence-electron chi connectivity index (χ3n) is 3.75. The van der Waals surface area contributed by atoms with E-state index < -0.39 is 0 Å². The fourth-order valence-electron chi connectivity index (χ4n) is 2.80. The molecule has 1 atom stereocenters. The molecule has 0 radical (unpaired) electrons. The highest BCUT2D eigenvalue weighted by atomic mass is 16.1. The zero-order valence-electron chi connectivity index (χ0n) is 11.5. The highest BCUT2D eigenvalue weighted by molar-refractivity contribution is 5.80. The molecular weight excluding hydrogens is 246 g/mol. The number of aldehydes is 1. The number of allylic oxidation sites excluding steroid dienone is 1. The molecular formula is C18H17NO. The monoisotopic (exact) mass is 263 g/mol. The van der Waals surface area contributed by atoms with Gasteiger partial charge in [-0.15, -0.1) is 0 Å². The van der Waals surface area contributed by atoms with Gasteiger partial charge >= 0.3 is 0 Å². The lowest BCUT2D eigenvalue weighted by Gasteiger charge is -2.36. The topological polar surface area (TPSA) is 20.3 Å².